The number of carbonyl (C=O) groups excluding carboxylic acids is 2. The minimum absolute atomic E-state index is 0.0613. The Hall–Kier alpha value is -0.940. The van der Waals surface area contributed by atoms with Crippen LogP contribution in [0.2, 0.25) is 0 Å². The molecule has 2 bridgehead atoms. The summed E-state index contributed by atoms with van der Waals surface area (Å²) in [7, 11) is 1.57. The molecule has 0 spiro atoms. The Morgan fingerprint density at radius 3 is 2.41 bits per heavy atom. The Bertz CT molecular complexity index is 350. The molecule has 4 aliphatic heterocycles. The van der Waals surface area contributed by atoms with Crippen LogP contribution in [0.15, 0.2) is 0 Å². The zero-order valence-corrected chi connectivity index (χ0v) is 10.2. The van der Waals surface area contributed by atoms with E-state index in [9.17, 15) is 9.59 Å². The third-order valence-corrected chi connectivity index (χ3v) is 4.45. The minimum Gasteiger partial charge on any atom is -0.302 e. The molecular formula is C12H19N3O2. The average molecular weight is 237 g/mol. The normalized spacial score (nSPS) is 41.4. The molecule has 4 fully saturated rings. The van der Waals surface area contributed by atoms with Gasteiger partial charge in [0.2, 0.25) is 11.8 Å². The fourth-order valence-electron chi connectivity index (χ4n) is 3.30. The van der Waals surface area contributed by atoms with E-state index in [1.54, 1.807) is 7.05 Å². The van der Waals surface area contributed by atoms with Crippen molar-refractivity contribution in [3.63, 3.8) is 0 Å². The van der Waals surface area contributed by atoms with Gasteiger partial charge in [-0.15, -0.1) is 0 Å². The second-order valence-electron chi connectivity index (χ2n) is 5.46. The van der Waals surface area contributed by atoms with Crippen molar-refractivity contribution in [3.8, 4) is 0 Å². The van der Waals surface area contributed by atoms with Gasteiger partial charge in [-0.3, -0.25) is 14.5 Å². The molecule has 94 valence electrons. The maximum absolute atomic E-state index is 11.8. The number of likely N-dealkylation sites (tertiary alicyclic amines) is 1. The lowest BCUT2D eigenvalue weighted by atomic mass is 9.83. The van der Waals surface area contributed by atoms with Crippen LogP contribution in [-0.4, -0.2) is 60.4 Å². The number of hydrogen-bond donors (Lipinski definition) is 1. The fourth-order valence-corrected chi connectivity index (χ4v) is 3.30. The van der Waals surface area contributed by atoms with Crippen molar-refractivity contribution in [1.29, 1.82) is 0 Å². The van der Waals surface area contributed by atoms with E-state index in [1.807, 2.05) is 0 Å². The van der Waals surface area contributed by atoms with Gasteiger partial charge in [-0.1, -0.05) is 0 Å². The maximum atomic E-state index is 11.8. The zero-order valence-electron chi connectivity index (χ0n) is 10.2. The van der Waals surface area contributed by atoms with Gasteiger partial charge in [0, 0.05) is 19.6 Å². The first kappa shape index (κ1) is 11.2. The molecule has 4 heterocycles. The molecule has 17 heavy (non-hydrogen) atoms. The summed E-state index contributed by atoms with van der Waals surface area (Å²) in [4.78, 5) is 27.0. The van der Waals surface area contributed by atoms with Crippen LogP contribution in [0.1, 0.15) is 19.3 Å². The predicted octanol–water partition coefficient (Wildman–Crippen LogP) is -0.572. The van der Waals surface area contributed by atoms with Gasteiger partial charge in [0.1, 0.15) is 0 Å². The van der Waals surface area contributed by atoms with E-state index in [-0.39, 0.29) is 17.9 Å². The van der Waals surface area contributed by atoms with Crippen LogP contribution in [0.3, 0.4) is 0 Å². The van der Waals surface area contributed by atoms with E-state index in [2.05, 4.69) is 10.2 Å². The van der Waals surface area contributed by atoms with Crippen molar-refractivity contribution in [3.05, 3.63) is 0 Å². The number of piperidine rings is 3. The topological polar surface area (TPSA) is 52.7 Å². The summed E-state index contributed by atoms with van der Waals surface area (Å²) in [6, 6.07) is 0.115. The number of carbonyl (C=O) groups is 2. The van der Waals surface area contributed by atoms with Crippen LogP contribution >= 0.6 is 0 Å². The van der Waals surface area contributed by atoms with Gasteiger partial charge in [0.25, 0.3) is 0 Å². The highest BCUT2D eigenvalue weighted by Crippen LogP contribution is 2.28. The van der Waals surface area contributed by atoms with Crippen LogP contribution < -0.4 is 5.32 Å². The van der Waals surface area contributed by atoms with Crippen molar-refractivity contribution in [2.24, 2.45) is 5.92 Å². The minimum atomic E-state index is -0.280. The van der Waals surface area contributed by atoms with Crippen LogP contribution in [0.25, 0.3) is 0 Å². The van der Waals surface area contributed by atoms with E-state index in [4.69, 9.17) is 0 Å². The van der Waals surface area contributed by atoms with Gasteiger partial charge >= 0.3 is 0 Å². The summed E-state index contributed by atoms with van der Waals surface area (Å²) in [5.41, 5.74) is 0. The molecule has 0 aromatic carbocycles. The molecule has 0 saturated carbocycles. The molecule has 4 saturated heterocycles. The van der Waals surface area contributed by atoms with Crippen LogP contribution in [0.5, 0.6) is 0 Å². The van der Waals surface area contributed by atoms with Gasteiger partial charge in [0.05, 0.1) is 12.5 Å². The predicted molar refractivity (Wildman–Crippen MR) is 62.3 cm³/mol. The number of rotatable bonds is 2. The summed E-state index contributed by atoms with van der Waals surface area (Å²) in [6.45, 7) is 3.42. The zero-order chi connectivity index (χ0) is 12.0. The highest BCUT2D eigenvalue weighted by Gasteiger charge is 2.41. The van der Waals surface area contributed by atoms with E-state index >= 15 is 0 Å². The largest absolute Gasteiger partial charge is 0.302 e. The first-order chi connectivity index (χ1) is 8.15. The molecule has 0 radical (unpaired) electrons. The SMILES string of the molecule is CN1C(=O)CC(NC2CN3CCC2CC3)C1=O. The quantitative estimate of drug-likeness (QED) is 0.653. The fraction of sp³-hybridized carbons (Fsp3) is 0.833. The van der Waals surface area contributed by atoms with E-state index in [0.717, 1.165) is 6.54 Å². The number of amides is 2. The number of fused-ring (bicyclic) bond motifs is 3. The van der Waals surface area contributed by atoms with Gasteiger partial charge in [-0.2, -0.15) is 0 Å². The molecule has 0 aromatic heterocycles. The lowest BCUT2D eigenvalue weighted by molar-refractivity contribution is -0.137. The van der Waals surface area contributed by atoms with Gasteiger partial charge in [0.15, 0.2) is 0 Å². The molecule has 0 aromatic rings. The van der Waals surface area contributed by atoms with E-state index in [0.29, 0.717) is 18.4 Å². The van der Waals surface area contributed by atoms with Crippen LogP contribution in [-0.2, 0) is 9.59 Å². The summed E-state index contributed by atoms with van der Waals surface area (Å²) < 4.78 is 0. The summed E-state index contributed by atoms with van der Waals surface area (Å²) in [5.74, 6) is 0.564. The molecule has 2 unspecified atom stereocenters. The second-order valence-corrected chi connectivity index (χ2v) is 5.46. The van der Waals surface area contributed by atoms with Crippen LogP contribution in [0.4, 0.5) is 0 Å². The molecule has 4 rings (SSSR count). The lowest BCUT2D eigenvalue weighted by Gasteiger charge is -2.45. The van der Waals surface area contributed by atoms with Crippen molar-refractivity contribution >= 4 is 11.8 Å². The Labute approximate surface area is 101 Å². The number of nitrogens with one attached hydrogen (secondary N) is 1. The van der Waals surface area contributed by atoms with Crippen molar-refractivity contribution < 1.29 is 9.59 Å². The third-order valence-electron chi connectivity index (χ3n) is 4.45. The monoisotopic (exact) mass is 237 g/mol. The molecule has 0 aliphatic carbocycles. The number of hydrogen-bond acceptors (Lipinski definition) is 4. The van der Waals surface area contributed by atoms with Gasteiger partial charge in [-0.25, -0.2) is 0 Å². The molecular weight excluding hydrogens is 218 g/mol. The highest BCUT2D eigenvalue weighted by atomic mass is 16.2. The standard InChI is InChI=1S/C12H19N3O2/c1-14-11(16)6-9(12(14)17)13-10-7-15-4-2-8(10)3-5-15/h8-10,13H,2-7H2,1H3. The van der Waals surface area contributed by atoms with E-state index in [1.165, 1.54) is 30.8 Å². The Morgan fingerprint density at radius 1 is 1.24 bits per heavy atom. The summed E-state index contributed by atoms with van der Waals surface area (Å²) >= 11 is 0. The maximum Gasteiger partial charge on any atom is 0.246 e. The van der Waals surface area contributed by atoms with Crippen molar-refractivity contribution in [1.82, 2.24) is 15.1 Å². The summed E-state index contributed by atoms with van der Waals surface area (Å²) in [5, 5.41) is 3.41. The first-order valence-electron chi connectivity index (χ1n) is 6.44. The second kappa shape index (κ2) is 4.07. The van der Waals surface area contributed by atoms with E-state index < -0.39 is 0 Å². The molecule has 1 N–H and O–H groups in total. The number of nitrogens with zero attached hydrogens (tertiary/aromatic N) is 2. The smallest absolute Gasteiger partial charge is 0.246 e. The van der Waals surface area contributed by atoms with Gasteiger partial charge < -0.3 is 10.2 Å². The number of imide groups is 1. The first-order valence-corrected chi connectivity index (χ1v) is 6.44. The van der Waals surface area contributed by atoms with Crippen molar-refractivity contribution in [2.45, 2.75) is 31.3 Å². The Morgan fingerprint density at radius 2 is 1.94 bits per heavy atom. The number of likely N-dealkylation sites (N-methyl/N-ethyl adjacent to an activating group) is 1. The average Bonchev–Trinajstić information content (AvgIpc) is 2.59. The molecule has 5 nitrogen and oxygen atoms in total. The molecule has 4 aliphatic rings. The van der Waals surface area contributed by atoms with Gasteiger partial charge in [-0.05, 0) is 31.8 Å². The van der Waals surface area contributed by atoms with Crippen molar-refractivity contribution in [2.75, 3.05) is 26.7 Å². The Balaban J connectivity index is 1.64. The highest BCUT2D eigenvalue weighted by molar-refractivity contribution is 6.05. The molecule has 5 heteroatoms. The molecule has 2 atom stereocenters. The van der Waals surface area contributed by atoms with Crippen LogP contribution in [0, 0.1) is 5.92 Å². The third kappa shape index (κ3) is 1.87. The molecule has 2 amide bonds. The summed E-state index contributed by atoms with van der Waals surface area (Å²) in [6.07, 6.45) is 2.78. The lowest BCUT2D eigenvalue weighted by Crippen LogP contribution is -2.58. The Kier molecular flexibility index (Phi) is 2.67.